The normalized spacial score (nSPS) is 15.2. The van der Waals surface area contributed by atoms with Crippen molar-refractivity contribution >= 4 is 33.4 Å². The topological polar surface area (TPSA) is 193 Å². The third-order valence-electron chi connectivity index (χ3n) is 5.28. The van der Waals surface area contributed by atoms with Gasteiger partial charge in [-0.1, -0.05) is 39.0 Å². The molecule has 0 radical (unpaired) electrons. The number of sulfone groups is 1. The number of carbonyl (C=O) groups is 4. The van der Waals surface area contributed by atoms with Crippen molar-refractivity contribution in [2.24, 2.45) is 17.6 Å². The minimum atomic E-state index is -3.53. The molecule has 6 N–H and O–H groups in total. The van der Waals surface area contributed by atoms with Crippen LogP contribution in [0.4, 0.5) is 0 Å². The monoisotopic (exact) mass is 525 g/mol. The Morgan fingerprint density at radius 1 is 1.00 bits per heavy atom. The highest BCUT2D eigenvalue weighted by Crippen LogP contribution is 2.14. The highest BCUT2D eigenvalue weighted by molar-refractivity contribution is 7.93. The van der Waals surface area contributed by atoms with Crippen molar-refractivity contribution in [1.29, 1.82) is 0 Å². The van der Waals surface area contributed by atoms with Gasteiger partial charge in [0.1, 0.15) is 5.75 Å². The van der Waals surface area contributed by atoms with E-state index >= 15 is 0 Å². The maximum Gasteiger partial charge on any atom is 0.305 e. The molecule has 0 spiro atoms. The second kappa shape index (κ2) is 13.7. The zero-order valence-corrected chi connectivity index (χ0v) is 21.6. The van der Waals surface area contributed by atoms with E-state index in [4.69, 9.17) is 10.8 Å². The molecule has 0 saturated heterocycles. The van der Waals surface area contributed by atoms with Crippen molar-refractivity contribution < 1.29 is 37.8 Å². The molecule has 36 heavy (non-hydrogen) atoms. The van der Waals surface area contributed by atoms with Crippen molar-refractivity contribution in [3.05, 3.63) is 41.3 Å². The van der Waals surface area contributed by atoms with Gasteiger partial charge in [-0.2, -0.15) is 0 Å². The standard InChI is InChI=1S/C24H35N3O8S/c1-14(2)22(27-24(33)19(25)12-16-5-7-18(28)8-6-16)20(29)11-15(3)23(32)26-17(13-21(30)31)9-10-36(4,34)35/h5-10,14-15,17,19,22,28H,11-13,25H2,1-4H3,(H,26,32)(H,27,33)(H,30,31)/b10-9+/t15-,17-,19+,22+/m1/s1. The van der Waals surface area contributed by atoms with E-state index in [0.717, 1.165) is 23.3 Å². The first-order valence-corrected chi connectivity index (χ1v) is 13.3. The number of ketones is 1. The number of Topliss-reactive ketones (excluding diaryl/α,β-unsaturated/α-hetero) is 1. The van der Waals surface area contributed by atoms with Crippen molar-refractivity contribution in [1.82, 2.24) is 10.6 Å². The number of phenols is 1. The van der Waals surface area contributed by atoms with Gasteiger partial charge in [-0.15, -0.1) is 0 Å². The summed E-state index contributed by atoms with van der Waals surface area (Å²) in [6, 6.07) is 3.30. The second-order valence-corrected chi connectivity index (χ2v) is 11.1. The summed E-state index contributed by atoms with van der Waals surface area (Å²) in [4.78, 5) is 49.2. The largest absolute Gasteiger partial charge is 0.508 e. The Kier molecular flexibility index (Phi) is 11.7. The van der Waals surface area contributed by atoms with Crippen LogP contribution in [-0.4, -0.2) is 66.6 Å². The molecule has 0 aromatic heterocycles. The molecule has 0 fully saturated rings. The molecule has 1 aromatic rings. The van der Waals surface area contributed by atoms with E-state index in [2.05, 4.69) is 10.6 Å². The number of aliphatic carboxylic acids is 1. The van der Waals surface area contributed by atoms with Crippen LogP contribution >= 0.6 is 0 Å². The zero-order valence-electron chi connectivity index (χ0n) is 20.8. The van der Waals surface area contributed by atoms with Gasteiger partial charge >= 0.3 is 5.97 Å². The number of carbonyl (C=O) groups excluding carboxylic acids is 3. The lowest BCUT2D eigenvalue weighted by molar-refractivity contribution is -0.137. The average Bonchev–Trinajstić information content (AvgIpc) is 2.75. The number of phenolic OH excluding ortho intramolecular Hbond substituents is 1. The number of hydrogen-bond donors (Lipinski definition) is 5. The van der Waals surface area contributed by atoms with Crippen LogP contribution < -0.4 is 16.4 Å². The summed E-state index contributed by atoms with van der Waals surface area (Å²) >= 11 is 0. The van der Waals surface area contributed by atoms with Gasteiger partial charge in [0.15, 0.2) is 15.6 Å². The lowest BCUT2D eigenvalue weighted by Gasteiger charge is -2.25. The van der Waals surface area contributed by atoms with Crippen molar-refractivity contribution in [2.45, 2.75) is 58.2 Å². The number of nitrogens with two attached hydrogens (primary N) is 1. The predicted molar refractivity (Wildman–Crippen MR) is 134 cm³/mol. The first-order valence-electron chi connectivity index (χ1n) is 11.4. The van der Waals surface area contributed by atoms with E-state index in [1.54, 1.807) is 26.0 Å². The minimum Gasteiger partial charge on any atom is -0.508 e. The first kappa shape index (κ1) is 30.8. The van der Waals surface area contributed by atoms with Gasteiger partial charge in [-0.05, 0) is 30.0 Å². The van der Waals surface area contributed by atoms with E-state index in [0.29, 0.717) is 0 Å². The van der Waals surface area contributed by atoms with E-state index in [-0.39, 0.29) is 24.5 Å². The van der Waals surface area contributed by atoms with Crippen LogP contribution in [0.25, 0.3) is 0 Å². The summed E-state index contributed by atoms with van der Waals surface area (Å²) in [5.74, 6) is -3.90. The number of rotatable bonds is 14. The summed E-state index contributed by atoms with van der Waals surface area (Å²) in [6.07, 6.45) is 1.42. The minimum absolute atomic E-state index is 0.0843. The van der Waals surface area contributed by atoms with Crippen LogP contribution in [0.2, 0.25) is 0 Å². The molecular weight excluding hydrogens is 490 g/mol. The van der Waals surface area contributed by atoms with E-state index in [1.807, 2.05) is 0 Å². The Bertz CT molecular complexity index is 1070. The lowest BCUT2D eigenvalue weighted by Crippen LogP contribution is -2.51. The molecule has 0 saturated carbocycles. The van der Waals surface area contributed by atoms with E-state index < -0.39 is 63.9 Å². The highest BCUT2D eigenvalue weighted by Gasteiger charge is 2.29. The molecule has 1 rings (SSSR count). The number of amides is 2. The molecule has 1 aromatic carbocycles. The Hall–Kier alpha value is -3.25. The molecule has 11 nitrogen and oxygen atoms in total. The Morgan fingerprint density at radius 3 is 2.08 bits per heavy atom. The summed E-state index contributed by atoms with van der Waals surface area (Å²) < 4.78 is 22.7. The molecule has 0 unspecified atom stereocenters. The molecule has 0 bridgehead atoms. The predicted octanol–water partition coefficient (Wildman–Crippen LogP) is 0.516. The van der Waals surface area contributed by atoms with Crippen molar-refractivity contribution in [3.63, 3.8) is 0 Å². The quantitative estimate of drug-likeness (QED) is 0.230. The maximum absolute atomic E-state index is 12.9. The van der Waals surface area contributed by atoms with Gasteiger partial charge in [0, 0.05) is 24.0 Å². The van der Waals surface area contributed by atoms with Crippen LogP contribution in [0.1, 0.15) is 39.2 Å². The average molecular weight is 526 g/mol. The SMILES string of the molecule is CC(C)[C@H](NC(=O)[C@@H](N)Cc1ccc(O)cc1)C(=O)C[C@@H](C)C(=O)N[C@H](/C=C/S(C)(=O)=O)CC(=O)O. The molecule has 0 aliphatic rings. The number of benzene rings is 1. The molecule has 0 aliphatic carbocycles. The van der Waals surface area contributed by atoms with Crippen molar-refractivity contribution in [3.8, 4) is 5.75 Å². The van der Waals surface area contributed by atoms with E-state index in [9.17, 15) is 32.7 Å². The van der Waals surface area contributed by atoms with Gasteiger partial charge in [-0.25, -0.2) is 8.42 Å². The second-order valence-electron chi connectivity index (χ2n) is 9.15. The fraction of sp³-hybridized carbons (Fsp3) is 0.500. The molecule has 4 atom stereocenters. The van der Waals surface area contributed by atoms with Gasteiger partial charge < -0.3 is 26.6 Å². The Morgan fingerprint density at radius 2 is 1.58 bits per heavy atom. The van der Waals surface area contributed by atoms with Gasteiger partial charge in [0.05, 0.1) is 24.5 Å². The number of aromatic hydroxyl groups is 1. The number of carboxylic acids is 1. The number of nitrogens with one attached hydrogen (secondary N) is 2. The van der Waals surface area contributed by atoms with Gasteiger partial charge in [0.25, 0.3) is 0 Å². The third kappa shape index (κ3) is 11.5. The fourth-order valence-electron chi connectivity index (χ4n) is 3.30. The fourth-order valence-corrected chi connectivity index (χ4v) is 3.77. The molecular formula is C24H35N3O8S. The first-order chi connectivity index (χ1) is 16.6. The summed E-state index contributed by atoms with van der Waals surface area (Å²) in [5, 5.41) is 24.3. The summed E-state index contributed by atoms with van der Waals surface area (Å²) in [7, 11) is -3.53. The summed E-state index contributed by atoms with van der Waals surface area (Å²) in [6.45, 7) is 4.94. The molecule has 0 aliphatic heterocycles. The van der Waals surface area contributed by atoms with Crippen LogP contribution in [0, 0.1) is 11.8 Å². The molecule has 12 heteroatoms. The van der Waals surface area contributed by atoms with Crippen molar-refractivity contribution in [2.75, 3.05) is 6.26 Å². The Labute approximate surface area is 211 Å². The number of carboxylic acid groups (broad SMARTS) is 1. The molecule has 2 amide bonds. The lowest BCUT2D eigenvalue weighted by atomic mass is 9.92. The van der Waals surface area contributed by atoms with Crippen LogP contribution in [0.15, 0.2) is 35.7 Å². The van der Waals surface area contributed by atoms with Gasteiger partial charge in [-0.3, -0.25) is 19.2 Å². The maximum atomic E-state index is 12.9. The van der Waals surface area contributed by atoms with E-state index in [1.165, 1.54) is 19.1 Å². The number of hydrogen-bond acceptors (Lipinski definition) is 8. The summed E-state index contributed by atoms with van der Waals surface area (Å²) in [5.41, 5.74) is 6.72. The van der Waals surface area contributed by atoms with Crippen LogP contribution in [-0.2, 0) is 35.4 Å². The van der Waals surface area contributed by atoms with Crippen LogP contribution in [0.3, 0.4) is 0 Å². The smallest absolute Gasteiger partial charge is 0.305 e. The van der Waals surface area contributed by atoms with Crippen LogP contribution in [0.5, 0.6) is 5.75 Å². The molecule has 200 valence electrons. The third-order valence-corrected chi connectivity index (χ3v) is 5.93. The zero-order chi connectivity index (χ0) is 27.6. The highest BCUT2D eigenvalue weighted by atomic mass is 32.2. The molecule has 0 heterocycles. The Balaban J connectivity index is 2.80. The van der Waals surface area contributed by atoms with Gasteiger partial charge in [0.2, 0.25) is 11.8 Å².